The normalized spacial score (nSPS) is 11.1. The third kappa shape index (κ3) is 5.34. The molecular formula is C21H17ClFNO4S. The molecule has 3 aromatic rings. The maximum absolute atomic E-state index is 13.0. The van der Waals surface area contributed by atoms with E-state index in [4.69, 9.17) is 16.3 Å². The van der Waals surface area contributed by atoms with Crippen molar-refractivity contribution in [1.29, 1.82) is 0 Å². The fourth-order valence-electron chi connectivity index (χ4n) is 2.53. The van der Waals surface area contributed by atoms with E-state index < -0.39 is 21.7 Å². The Morgan fingerprint density at radius 2 is 1.69 bits per heavy atom. The number of sulfonamides is 1. The van der Waals surface area contributed by atoms with Gasteiger partial charge in [-0.2, -0.15) is 0 Å². The number of carbonyl (C=O) groups is 1. The summed E-state index contributed by atoms with van der Waals surface area (Å²) in [5.74, 6) is -1.18. The van der Waals surface area contributed by atoms with Gasteiger partial charge in [-0.05, 0) is 66.6 Å². The van der Waals surface area contributed by atoms with Gasteiger partial charge in [-0.15, -0.1) is 0 Å². The van der Waals surface area contributed by atoms with Gasteiger partial charge in [0.1, 0.15) is 18.2 Å². The molecule has 0 aromatic heterocycles. The summed E-state index contributed by atoms with van der Waals surface area (Å²) in [7, 11) is -4.16. The van der Waals surface area contributed by atoms with Crippen LogP contribution in [0.1, 0.15) is 21.5 Å². The molecule has 0 aliphatic heterocycles. The van der Waals surface area contributed by atoms with Crippen LogP contribution in [0.4, 0.5) is 4.39 Å². The summed E-state index contributed by atoms with van der Waals surface area (Å²) in [5, 5.41) is 0.593. The number of rotatable bonds is 6. The molecule has 0 aliphatic carbocycles. The molecule has 0 aliphatic rings. The van der Waals surface area contributed by atoms with Crippen molar-refractivity contribution >= 4 is 27.5 Å². The first-order valence-corrected chi connectivity index (χ1v) is 10.4. The highest BCUT2D eigenvalue weighted by Crippen LogP contribution is 2.23. The lowest BCUT2D eigenvalue weighted by molar-refractivity contribution is 0.0977. The summed E-state index contributed by atoms with van der Waals surface area (Å²) in [6.07, 6.45) is 0. The predicted molar refractivity (Wildman–Crippen MR) is 108 cm³/mol. The van der Waals surface area contributed by atoms with Crippen LogP contribution in [0.3, 0.4) is 0 Å². The fourth-order valence-corrected chi connectivity index (χ4v) is 3.62. The molecule has 0 saturated heterocycles. The van der Waals surface area contributed by atoms with Gasteiger partial charge in [-0.3, -0.25) is 4.79 Å². The van der Waals surface area contributed by atoms with Crippen LogP contribution in [-0.2, 0) is 16.6 Å². The van der Waals surface area contributed by atoms with Crippen LogP contribution >= 0.6 is 11.6 Å². The number of nitrogens with one attached hydrogen (secondary N) is 1. The summed E-state index contributed by atoms with van der Waals surface area (Å²) in [4.78, 5) is 12.4. The van der Waals surface area contributed by atoms with E-state index in [1.54, 1.807) is 36.4 Å². The topological polar surface area (TPSA) is 72.5 Å². The molecule has 0 radical (unpaired) electrons. The minimum absolute atomic E-state index is 0.0650. The summed E-state index contributed by atoms with van der Waals surface area (Å²) in [6, 6.07) is 16.0. The highest BCUT2D eigenvalue weighted by Gasteiger charge is 2.21. The zero-order chi connectivity index (χ0) is 21.0. The van der Waals surface area contributed by atoms with Crippen LogP contribution < -0.4 is 9.46 Å². The molecule has 29 heavy (non-hydrogen) atoms. The van der Waals surface area contributed by atoms with Crippen molar-refractivity contribution < 1.29 is 22.3 Å². The molecule has 3 rings (SSSR count). The van der Waals surface area contributed by atoms with Gasteiger partial charge >= 0.3 is 0 Å². The average molecular weight is 434 g/mol. The van der Waals surface area contributed by atoms with Gasteiger partial charge in [0.25, 0.3) is 15.9 Å². The number of hydrogen-bond acceptors (Lipinski definition) is 4. The highest BCUT2D eigenvalue weighted by molar-refractivity contribution is 7.90. The van der Waals surface area contributed by atoms with E-state index in [1.165, 1.54) is 6.07 Å². The van der Waals surface area contributed by atoms with Crippen molar-refractivity contribution in [3.05, 3.63) is 94.3 Å². The molecule has 0 atom stereocenters. The van der Waals surface area contributed by atoms with Crippen LogP contribution in [0.2, 0.25) is 5.02 Å². The fraction of sp³-hybridized carbons (Fsp3) is 0.0952. The standard InChI is InChI=1S/C21H17ClFNO4S/c1-14-2-11-19(20(12-14)28-13-15-3-5-16(22)6-4-15)21(25)24-29(26,27)18-9-7-17(23)8-10-18/h2-12H,13H2,1H3,(H,24,25). The second-order valence-electron chi connectivity index (χ2n) is 6.30. The maximum Gasteiger partial charge on any atom is 0.268 e. The largest absolute Gasteiger partial charge is 0.488 e. The lowest BCUT2D eigenvalue weighted by Crippen LogP contribution is -2.31. The number of ether oxygens (including phenoxy) is 1. The molecule has 1 amide bonds. The first-order chi connectivity index (χ1) is 13.7. The van der Waals surface area contributed by atoms with Gasteiger partial charge in [0.2, 0.25) is 0 Å². The zero-order valence-electron chi connectivity index (χ0n) is 15.4. The number of amides is 1. The maximum atomic E-state index is 13.0. The Hall–Kier alpha value is -2.90. The zero-order valence-corrected chi connectivity index (χ0v) is 16.9. The van der Waals surface area contributed by atoms with Crippen molar-refractivity contribution in [2.45, 2.75) is 18.4 Å². The number of halogens is 2. The van der Waals surface area contributed by atoms with Crippen LogP contribution in [0.25, 0.3) is 0 Å². The van der Waals surface area contributed by atoms with Crippen LogP contribution in [0, 0.1) is 12.7 Å². The van der Waals surface area contributed by atoms with Crippen molar-refractivity contribution in [3.8, 4) is 5.75 Å². The smallest absolute Gasteiger partial charge is 0.268 e. The Labute approximate surface area is 173 Å². The number of hydrogen-bond donors (Lipinski definition) is 1. The molecule has 0 spiro atoms. The molecule has 8 heteroatoms. The predicted octanol–water partition coefficient (Wildman–Crippen LogP) is 4.49. The monoisotopic (exact) mass is 433 g/mol. The van der Waals surface area contributed by atoms with Gasteiger partial charge in [0.05, 0.1) is 10.5 Å². The second-order valence-corrected chi connectivity index (χ2v) is 8.42. The average Bonchev–Trinajstić information content (AvgIpc) is 2.67. The Morgan fingerprint density at radius 1 is 1.03 bits per heavy atom. The third-order valence-electron chi connectivity index (χ3n) is 4.04. The van der Waals surface area contributed by atoms with Crippen LogP contribution in [-0.4, -0.2) is 14.3 Å². The SMILES string of the molecule is Cc1ccc(C(=O)NS(=O)(=O)c2ccc(F)cc2)c(OCc2ccc(Cl)cc2)c1. The number of carbonyl (C=O) groups excluding carboxylic acids is 1. The van der Waals surface area contributed by atoms with Crippen molar-refractivity contribution in [1.82, 2.24) is 4.72 Å². The Bertz CT molecular complexity index is 1130. The van der Waals surface area contributed by atoms with Gasteiger partial charge in [-0.1, -0.05) is 29.8 Å². The first kappa shape index (κ1) is 20.8. The lowest BCUT2D eigenvalue weighted by Gasteiger charge is -2.13. The van der Waals surface area contributed by atoms with E-state index in [1.807, 2.05) is 11.6 Å². The van der Waals surface area contributed by atoms with E-state index in [0.717, 1.165) is 35.4 Å². The molecule has 3 aromatic carbocycles. The summed E-state index contributed by atoms with van der Waals surface area (Å²) in [5.41, 5.74) is 1.74. The summed E-state index contributed by atoms with van der Waals surface area (Å²) in [6.45, 7) is 2.00. The van der Waals surface area contributed by atoms with E-state index in [9.17, 15) is 17.6 Å². The van der Waals surface area contributed by atoms with Gasteiger partial charge < -0.3 is 4.74 Å². The molecule has 0 heterocycles. The minimum atomic E-state index is -4.16. The molecule has 0 saturated carbocycles. The van der Waals surface area contributed by atoms with E-state index in [0.29, 0.717) is 5.02 Å². The van der Waals surface area contributed by atoms with Crippen molar-refractivity contribution in [2.24, 2.45) is 0 Å². The first-order valence-electron chi connectivity index (χ1n) is 8.55. The van der Waals surface area contributed by atoms with E-state index in [-0.39, 0.29) is 22.8 Å². The van der Waals surface area contributed by atoms with Crippen LogP contribution in [0.15, 0.2) is 71.6 Å². The number of aryl methyl sites for hydroxylation is 1. The van der Waals surface area contributed by atoms with Gasteiger partial charge in [0, 0.05) is 5.02 Å². The van der Waals surface area contributed by atoms with Gasteiger partial charge in [0.15, 0.2) is 0 Å². The quantitative estimate of drug-likeness (QED) is 0.621. The van der Waals surface area contributed by atoms with E-state index >= 15 is 0 Å². The summed E-state index contributed by atoms with van der Waals surface area (Å²) < 4.78 is 45.6. The Kier molecular flexibility index (Phi) is 6.20. The van der Waals surface area contributed by atoms with Crippen molar-refractivity contribution in [3.63, 3.8) is 0 Å². The molecule has 1 N–H and O–H groups in total. The van der Waals surface area contributed by atoms with Crippen LogP contribution in [0.5, 0.6) is 5.75 Å². The lowest BCUT2D eigenvalue weighted by atomic mass is 10.1. The van der Waals surface area contributed by atoms with Crippen molar-refractivity contribution in [2.75, 3.05) is 0 Å². The Morgan fingerprint density at radius 3 is 2.34 bits per heavy atom. The third-order valence-corrected chi connectivity index (χ3v) is 5.64. The summed E-state index contributed by atoms with van der Waals surface area (Å²) >= 11 is 5.87. The van der Waals surface area contributed by atoms with E-state index in [2.05, 4.69) is 0 Å². The number of benzene rings is 3. The molecule has 5 nitrogen and oxygen atoms in total. The molecule has 0 fully saturated rings. The minimum Gasteiger partial charge on any atom is -0.488 e. The molecule has 0 bridgehead atoms. The Balaban J connectivity index is 1.81. The molecule has 0 unspecified atom stereocenters. The molecule has 150 valence electrons. The molecular weight excluding hydrogens is 417 g/mol. The van der Waals surface area contributed by atoms with Gasteiger partial charge in [-0.25, -0.2) is 17.5 Å². The second kappa shape index (κ2) is 8.63. The highest BCUT2D eigenvalue weighted by atomic mass is 35.5.